The van der Waals surface area contributed by atoms with Crippen molar-refractivity contribution < 1.29 is 19.1 Å². The number of benzene rings is 1. The minimum Gasteiger partial charge on any atom is -0.371 e. The smallest absolute Gasteiger partial charge is 0.249 e. The average molecular weight is 369 g/mol. The molecule has 2 aromatic rings. The van der Waals surface area contributed by atoms with E-state index in [0.29, 0.717) is 26.1 Å². The number of carbonyl (C=O) groups excluding carboxylic acids is 2. The first-order chi connectivity index (χ1) is 13.2. The van der Waals surface area contributed by atoms with Crippen molar-refractivity contribution in [3.8, 4) is 0 Å². The monoisotopic (exact) mass is 369 g/mol. The Bertz CT molecular complexity index is 890. The maximum Gasteiger partial charge on any atom is 0.249 e. The van der Waals surface area contributed by atoms with Gasteiger partial charge in [0.2, 0.25) is 11.8 Å². The van der Waals surface area contributed by atoms with Crippen molar-refractivity contribution in [2.75, 3.05) is 31.2 Å². The van der Waals surface area contributed by atoms with Crippen LogP contribution >= 0.6 is 0 Å². The molecule has 3 fully saturated rings. The normalized spacial score (nSPS) is 25.3. The van der Waals surface area contributed by atoms with Gasteiger partial charge in [0.15, 0.2) is 5.79 Å². The number of nitrogens with one attached hydrogen (secondary N) is 1. The highest BCUT2D eigenvalue weighted by molar-refractivity contribution is 6.01. The fourth-order valence-corrected chi connectivity index (χ4v) is 4.54. The van der Waals surface area contributed by atoms with E-state index in [2.05, 4.69) is 22.3 Å². The highest BCUT2D eigenvalue weighted by Gasteiger charge is 2.40. The molecule has 0 unspecified atom stereocenters. The van der Waals surface area contributed by atoms with E-state index in [1.807, 2.05) is 22.9 Å². The summed E-state index contributed by atoms with van der Waals surface area (Å²) >= 11 is 0. The zero-order chi connectivity index (χ0) is 18.4. The van der Waals surface area contributed by atoms with Gasteiger partial charge in [-0.1, -0.05) is 6.07 Å². The summed E-state index contributed by atoms with van der Waals surface area (Å²) in [6.45, 7) is 3.13. The van der Waals surface area contributed by atoms with Gasteiger partial charge in [-0.25, -0.2) is 0 Å². The number of nitrogens with zero attached hydrogens (tertiary/aromatic N) is 2. The van der Waals surface area contributed by atoms with Crippen molar-refractivity contribution >= 4 is 28.4 Å². The topological polar surface area (TPSA) is 72.8 Å². The number of hydrogen-bond donors (Lipinski definition) is 1. The minimum atomic E-state index is -0.386. The predicted octanol–water partition coefficient (Wildman–Crippen LogP) is 1.96. The lowest BCUT2D eigenvalue weighted by atomic mass is 10.0. The van der Waals surface area contributed by atoms with Crippen LogP contribution < -0.4 is 10.2 Å². The van der Waals surface area contributed by atoms with Gasteiger partial charge in [-0.15, -0.1) is 0 Å². The van der Waals surface area contributed by atoms with Crippen LogP contribution in [0.25, 0.3) is 10.9 Å². The molecule has 1 N–H and O–H groups in total. The molecular formula is C20H23N3O4. The molecule has 0 saturated carbocycles. The van der Waals surface area contributed by atoms with Crippen molar-refractivity contribution in [1.82, 2.24) is 9.88 Å². The second-order valence-electron chi connectivity index (χ2n) is 7.49. The zero-order valence-electron chi connectivity index (χ0n) is 15.1. The Morgan fingerprint density at radius 1 is 1.07 bits per heavy atom. The van der Waals surface area contributed by atoms with Gasteiger partial charge in [0.1, 0.15) is 6.04 Å². The predicted molar refractivity (Wildman–Crippen MR) is 99.4 cm³/mol. The largest absolute Gasteiger partial charge is 0.371 e. The molecule has 2 amide bonds. The first kappa shape index (κ1) is 16.8. The Morgan fingerprint density at radius 2 is 1.85 bits per heavy atom. The molecule has 7 heteroatoms. The summed E-state index contributed by atoms with van der Waals surface area (Å²) in [7, 11) is 0. The summed E-state index contributed by atoms with van der Waals surface area (Å²) < 4.78 is 13.7. The highest BCUT2D eigenvalue weighted by atomic mass is 16.7. The highest BCUT2D eigenvalue weighted by Crippen LogP contribution is 2.37. The molecule has 3 aliphatic heterocycles. The number of ether oxygens (including phenoxy) is 2. The van der Waals surface area contributed by atoms with Crippen LogP contribution in [0, 0.1) is 0 Å². The van der Waals surface area contributed by atoms with E-state index in [9.17, 15) is 9.59 Å². The Balaban J connectivity index is 1.43. The van der Waals surface area contributed by atoms with Crippen LogP contribution in [0.15, 0.2) is 30.5 Å². The van der Waals surface area contributed by atoms with Crippen LogP contribution in [-0.4, -0.2) is 48.5 Å². The van der Waals surface area contributed by atoms with E-state index in [1.54, 1.807) is 0 Å². The summed E-state index contributed by atoms with van der Waals surface area (Å²) in [5, 5.41) is 3.58. The standard InChI is InChI=1S/C20H23N3O4/c24-18-5-4-17(19(25)21-18)23-9-6-14-15(2-1-3-16(14)23)22-10-7-20(8-11-22)26-12-13-27-20/h1-3,6,9,17H,4-5,7-8,10-13H2,(H,21,24,25)/t17-/m0/s1. The summed E-state index contributed by atoms with van der Waals surface area (Å²) in [4.78, 5) is 26.1. The second kappa shape index (κ2) is 6.35. The van der Waals surface area contributed by atoms with Crippen LogP contribution in [0.5, 0.6) is 0 Å². The number of imide groups is 1. The second-order valence-corrected chi connectivity index (χ2v) is 7.49. The summed E-state index contributed by atoms with van der Waals surface area (Å²) in [5.74, 6) is -0.792. The maximum absolute atomic E-state index is 12.3. The Hall–Kier alpha value is -2.38. The molecule has 7 nitrogen and oxygen atoms in total. The SMILES string of the molecule is O=C1CC[C@H](n2ccc3c(N4CCC5(CC4)OCCO5)cccc32)C(=O)N1. The van der Waals surface area contributed by atoms with Crippen molar-refractivity contribution in [2.45, 2.75) is 37.5 Å². The van der Waals surface area contributed by atoms with E-state index in [-0.39, 0.29) is 23.6 Å². The quantitative estimate of drug-likeness (QED) is 0.820. The lowest BCUT2D eigenvalue weighted by molar-refractivity contribution is -0.169. The van der Waals surface area contributed by atoms with E-state index < -0.39 is 0 Å². The average Bonchev–Trinajstić information content (AvgIpc) is 3.30. The minimum absolute atomic E-state index is 0.188. The third-order valence-corrected chi connectivity index (χ3v) is 5.97. The molecule has 0 radical (unpaired) electrons. The summed E-state index contributed by atoms with van der Waals surface area (Å²) in [6, 6.07) is 7.94. The third-order valence-electron chi connectivity index (χ3n) is 5.97. The molecule has 0 bridgehead atoms. The molecule has 27 heavy (non-hydrogen) atoms. The first-order valence-electron chi connectivity index (χ1n) is 9.61. The summed E-state index contributed by atoms with van der Waals surface area (Å²) in [5.41, 5.74) is 2.20. The van der Waals surface area contributed by atoms with Gasteiger partial charge in [0.05, 0.1) is 18.7 Å². The molecule has 4 heterocycles. The Morgan fingerprint density at radius 3 is 2.59 bits per heavy atom. The first-order valence-corrected chi connectivity index (χ1v) is 9.61. The fraction of sp³-hybridized carbons (Fsp3) is 0.500. The van der Waals surface area contributed by atoms with Gasteiger partial charge < -0.3 is 18.9 Å². The lowest BCUT2D eigenvalue weighted by Gasteiger charge is -2.39. The number of fused-ring (bicyclic) bond motifs is 1. The summed E-state index contributed by atoms with van der Waals surface area (Å²) in [6.07, 6.45) is 4.60. The van der Waals surface area contributed by atoms with Crippen molar-refractivity contribution in [3.05, 3.63) is 30.5 Å². The van der Waals surface area contributed by atoms with E-state index >= 15 is 0 Å². The molecule has 142 valence electrons. The fourth-order valence-electron chi connectivity index (χ4n) is 4.54. The maximum atomic E-state index is 12.3. The van der Waals surface area contributed by atoms with Gasteiger partial charge in [0, 0.05) is 49.6 Å². The van der Waals surface area contributed by atoms with Crippen LogP contribution in [0.1, 0.15) is 31.7 Å². The van der Waals surface area contributed by atoms with Gasteiger partial charge in [-0.05, 0) is 24.6 Å². The number of piperidine rings is 2. The van der Waals surface area contributed by atoms with Gasteiger partial charge in [0.25, 0.3) is 0 Å². The van der Waals surface area contributed by atoms with Crippen molar-refractivity contribution in [1.29, 1.82) is 0 Å². The van der Waals surface area contributed by atoms with Gasteiger partial charge in [-0.2, -0.15) is 0 Å². The van der Waals surface area contributed by atoms with Crippen LogP contribution in [0.4, 0.5) is 5.69 Å². The molecular weight excluding hydrogens is 346 g/mol. The molecule has 1 aromatic carbocycles. The number of carbonyl (C=O) groups is 2. The van der Waals surface area contributed by atoms with Crippen LogP contribution in [0.2, 0.25) is 0 Å². The Kier molecular flexibility index (Phi) is 3.94. The number of anilines is 1. The number of rotatable bonds is 2. The molecule has 3 aliphatic rings. The Labute approximate surface area is 157 Å². The van der Waals surface area contributed by atoms with E-state index in [4.69, 9.17) is 9.47 Å². The third kappa shape index (κ3) is 2.82. The van der Waals surface area contributed by atoms with E-state index in [1.165, 1.54) is 5.69 Å². The number of hydrogen-bond acceptors (Lipinski definition) is 5. The van der Waals surface area contributed by atoms with Crippen LogP contribution in [-0.2, 0) is 19.1 Å². The lowest BCUT2D eigenvalue weighted by Crippen LogP contribution is -2.45. The van der Waals surface area contributed by atoms with Gasteiger partial charge in [-0.3, -0.25) is 14.9 Å². The number of amides is 2. The molecule has 3 saturated heterocycles. The molecule has 1 spiro atoms. The molecule has 5 rings (SSSR count). The molecule has 1 aromatic heterocycles. The van der Waals surface area contributed by atoms with Crippen molar-refractivity contribution in [2.24, 2.45) is 0 Å². The molecule has 0 aliphatic carbocycles. The van der Waals surface area contributed by atoms with Crippen molar-refractivity contribution in [3.63, 3.8) is 0 Å². The molecule has 1 atom stereocenters. The zero-order valence-corrected chi connectivity index (χ0v) is 15.1. The van der Waals surface area contributed by atoms with Crippen LogP contribution in [0.3, 0.4) is 0 Å². The van der Waals surface area contributed by atoms with E-state index in [0.717, 1.165) is 36.8 Å². The van der Waals surface area contributed by atoms with Gasteiger partial charge >= 0.3 is 0 Å². The number of aromatic nitrogens is 1.